The summed E-state index contributed by atoms with van der Waals surface area (Å²) in [5.74, 6) is 0. The van der Waals surface area contributed by atoms with Crippen molar-refractivity contribution in [3.63, 3.8) is 0 Å². The monoisotopic (exact) mass is 432 g/mol. The van der Waals surface area contributed by atoms with Crippen molar-refractivity contribution in [2.75, 3.05) is 0 Å². The lowest BCUT2D eigenvalue weighted by Crippen LogP contribution is -1.90. The lowest BCUT2D eigenvalue weighted by molar-refractivity contribution is 1.44. The van der Waals surface area contributed by atoms with Gasteiger partial charge < -0.3 is 0 Å². The molecule has 34 heavy (non-hydrogen) atoms. The maximum Gasteiger partial charge on any atom is 0.0972 e. The fourth-order valence-corrected chi connectivity index (χ4v) is 5.06. The number of nitrogens with zero attached hydrogens (tertiary/aromatic N) is 4. The molecule has 0 N–H and O–H groups in total. The molecule has 0 saturated heterocycles. The Morgan fingerprint density at radius 3 is 1.12 bits per heavy atom. The van der Waals surface area contributed by atoms with Crippen molar-refractivity contribution in [1.82, 2.24) is 19.9 Å². The first-order chi connectivity index (χ1) is 16.8. The molecule has 0 spiro atoms. The van der Waals surface area contributed by atoms with E-state index in [1.165, 1.54) is 0 Å². The Labute approximate surface area is 193 Å². The van der Waals surface area contributed by atoms with Gasteiger partial charge >= 0.3 is 0 Å². The molecule has 0 amide bonds. The first kappa shape index (κ1) is 17.8. The smallest absolute Gasteiger partial charge is 0.0972 e. The summed E-state index contributed by atoms with van der Waals surface area (Å²) in [7, 11) is 0. The summed E-state index contributed by atoms with van der Waals surface area (Å²) in [6.45, 7) is 0. The highest BCUT2D eigenvalue weighted by Gasteiger charge is 2.09. The normalized spacial score (nSPS) is 12.1. The quantitative estimate of drug-likeness (QED) is 0.235. The lowest BCUT2D eigenvalue weighted by atomic mass is 10.1. The number of para-hydroxylation sites is 2. The number of aromatic nitrogens is 4. The van der Waals surface area contributed by atoms with Gasteiger partial charge in [-0.1, -0.05) is 72.8 Å². The van der Waals surface area contributed by atoms with Gasteiger partial charge in [0.15, 0.2) is 0 Å². The first-order valence-electron chi connectivity index (χ1n) is 11.3. The van der Waals surface area contributed by atoms with Gasteiger partial charge in [0.25, 0.3) is 0 Å². The molecule has 0 aliphatic heterocycles. The molecule has 4 heteroatoms. The SMILES string of the molecule is c1cc2ccc3nc2c(c1)c1ccc2ccc4ccc(nc4c2n1)c1cccc2ccc3nc21. The van der Waals surface area contributed by atoms with Crippen LogP contribution >= 0.6 is 0 Å². The van der Waals surface area contributed by atoms with Crippen molar-refractivity contribution in [1.29, 1.82) is 0 Å². The van der Waals surface area contributed by atoms with Crippen molar-refractivity contribution < 1.29 is 0 Å². The molecule has 3 aromatic carbocycles. The van der Waals surface area contributed by atoms with Gasteiger partial charge in [0, 0.05) is 32.3 Å². The Bertz CT molecular complexity index is 1980. The highest BCUT2D eigenvalue weighted by atomic mass is 14.8. The van der Waals surface area contributed by atoms with E-state index in [9.17, 15) is 0 Å². The number of pyridine rings is 4. The highest BCUT2D eigenvalue weighted by Crippen LogP contribution is 2.30. The average Bonchev–Trinajstić information content (AvgIpc) is 2.90. The van der Waals surface area contributed by atoms with Gasteiger partial charge in [-0.25, -0.2) is 19.9 Å². The Morgan fingerprint density at radius 2 is 0.647 bits per heavy atom. The Morgan fingerprint density at radius 1 is 0.294 bits per heavy atom. The van der Waals surface area contributed by atoms with Gasteiger partial charge in [-0.05, 0) is 24.3 Å². The molecule has 0 aliphatic carbocycles. The highest BCUT2D eigenvalue weighted by molar-refractivity contribution is 6.11. The molecule has 8 bridgehead atoms. The second kappa shape index (κ2) is 6.42. The minimum absolute atomic E-state index is 0.846. The van der Waals surface area contributed by atoms with Gasteiger partial charge in [-0.2, -0.15) is 0 Å². The van der Waals surface area contributed by atoms with Gasteiger partial charge in [-0.3, -0.25) is 0 Å². The van der Waals surface area contributed by atoms with E-state index in [1.807, 2.05) is 12.1 Å². The number of hydrogen-bond acceptors (Lipinski definition) is 4. The minimum Gasteiger partial charge on any atom is -0.245 e. The van der Waals surface area contributed by atoms with Gasteiger partial charge in [-0.15, -0.1) is 0 Å². The zero-order chi connectivity index (χ0) is 22.2. The van der Waals surface area contributed by atoms with Crippen LogP contribution in [0.2, 0.25) is 0 Å². The Balaban J connectivity index is 1.75. The van der Waals surface area contributed by atoms with E-state index in [-0.39, 0.29) is 0 Å². The van der Waals surface area contributed by atoms with Crippen molar-refractivity contribution >= 4 is 76.5 Å². The van der Waals surface area contributed by atoms with Crippen molar-refractivity contribution in [3.05, 3.63) is 97.1 Å². The summed E-state index contributed by atoms with van der Waals surface area (Å²) in [6, 6.07) is 33.5. The molecule has 4 nitrogen and oxygen atoms in total. The van der Waals surface area contributed by atoms with E-state index in [2.05, 4.69) is 84.9 Å². The fourth-order valence-electron chi connectivity index (χ4n) is 5.06. The largest absolute Gasteiger partial charge is 0.245 e. The molecule has 0 aliphatic rings. The molecule has 8 rings (SSSR count). The molecular weight excluding hydrogens is 416 g/mol. The summed E-state index contributed by atoms with van der Waals surface area (Å²) in [4.78, 5) is 20.4. The summed E-state index contributed by atoms with van der Waals surface area (Å²) >= 11 is 0. The summed E-state index contributed by atoms with van der Waals surface area (Å²) in [5, 5.41) is 6.31. The van der Waals surface area contributed by atoms with E-state index < -0.39 is 0 Å². The third-order valence-corrected chi connectivity index (χ3v) is 6.77. The van der Waals surface area contributed by atoms with E-state index in [1.54, 1.807) is 0 Å². The average molecular weight is 432 g/mol. The molecule has 5 heterocycles. The van der Waals surface area contributed by atoms with Crippen LogP contribution in [0.1, 0.15) is 0 Å². The number of hydrogen-bond donors (Lipinski definition) is 0. The van der Waals surface area contributed by atoms with Crippen LogP contribution in [0.25, 0.3) is 76.5 Å². The van der Waals surface area contributed by atoms with Crippen molar-refractivity contribution in [2.24, 2.45) is 0 Å². The van der Waals surface area contributed by atoms with Gasteiger partial charge in [0.1, 0.15) is 0 Å². The number of fused-ring (bicyclic) bond motifs is 7. The topological polar surface area (TPSA) is 51.6 Å². The predicted molar refractivity (Wildman–Crippen MR) is 140 cm³/mol. The molecular formula is C30H16N4. The Kier molecular flexibility index (Phi) is 3.36. The second-order valence-corrected chi connectivity index (χ2v) is 8.75. The van der Waals surface area contributed by atoms with E-state index in [0.717, 1.165) is 76.5 Å². The van der Waals surface area contributed by atoms with E-state index in [4.69, 9.17) is 19.9 Å². The van der Waals surface area contributed by atoms with Crippen molar-refractivity contribution in [2.45, 2.75) is 0 Å². The molecule has 0 saturated carbocycles. The molecule has 0 atom stereocenters. The van der Waals surface area contributed by atoms with E-state index in [0.29, 0.717) is 0 Å². The minimum atomic E-state index is 0.846. The van der Waals surface area contributed by atoms with Crippen LogP contribution in [0.4, 0.5) is 0 Å². The van der Waals surface area contributed by atoms with Gasteiger partial charge in [0.05, 0.1) is 44.1 Å². The van der Waals surface area contributed by atoms with E-state index >= 15 is 0 Å². The number of rotatable bonds is 0. The maximum atomic E-state index is 5.13. The first-order valence-corrected chi connectivity index (χ1v) is 11.3. The van der Waals surface area contributed by atoms with Crippen LogP contribution in [0, 0.1) is 0 Å². The number of benzene rings is 3. The standard InChI is InChI=1S/C30H16N4/c1-3-17-11-15-25-26-16-12-18-4-2-6-22(28(18)34-26)24-14-10-20-8-7-19-9-13-23(21(5-1)27(17)33-25)31-29(19)30(20)32-24/h1-16H. The van der Waals surface area contributed by atoms with Crippen LogP contribution < -0.4 is 0 Å². The third-order valence-electron chi connectivity index (χ3n) is 6.77. The van der Waals surface area contributed by atoms with Crippen molar-refractivity contribution in [3.8, 4) is 0 Å². The van der Waals surface area contributed by atoms with Crippen LogP contribution in [0.5, 0.6) is 0 Å². The zero-order valence-electron chi connectivity index (χ0n) is 18.0. The fraction of sp³-hybridized carbons (Fsp3) is 0. The second-order valence-electron chi connectivity index (χ2n) is 8.75. The van der Waals surface area contributed by atoms with Crippen LogP contribution in [0.15, 0.2) is 97.1 Å². The molecule has 0 unspecified atom stereocenters. The summed E-state index contributed by atoms with van der Waals surface area (Å²) < 4.78 is 0. The third kappa shape index (κ3) is 2.42. The summed E-state index contributed by atoms with van der Waals surface area (Å²) in [5.41, 5.74) is 7.12. The van der Waals surface area contributed by atoms with Crippen LogP contribution in [-0.4, -0.2) is 19.9 Å². The Hall–Kier alpha value is -4.70. The van der Waals surface area contributed by atoms with Gasteiger partial charge in [0.2, 0.25) is 0 Å². The molecule has 8 aromatic rings. The lowest BCUT2D eigenvalue weighted by Gasteiger charge is -2.07. The maximum absolute atomic E-state index is 5.13. The van der Waals surface area contributed by atoms with Crippen LogP contribution in [-0.2, 0) is 0 Å². The van der Waals surface area contributed by atoms with Crippen LogP contribution in [0.3, 0.4) is 0 Å². The molecule has 0 radical (unpaired) electrons. The molecule has 0 fully saturated rings. The molecule has 5 aromatic heterocycles. The molecule has 156 valence electrons. The summed E-state index contributed by atoms with van der Waals surface area (Å²) in [6.07, 6.45) is 0. The predicted octanol–water partition coefficient (Wildman–Crippen LogP) is 7.34. The zero-order valence-corrected chi connectivity index (χ0v) is 18.0.